The predicted octanol–water partition coefficient (Wildman–Crippen LogP) is 3.33. The number of hydrogen-bond acceptors (Lipinski definition) is 4. The number of carbonyl (C=O) groups is 1. The maximum atomic E-state index is 14.4. The SMILES string of the molecule is N#CC1(c2ccc(F)cc2F)CCN(Cc2cc(C(=O)O)c(=O)n3ccccc23)CC1. The van der Waals surface area contributed by atoms with Gasteiger partial charge < -0.3 is 5.11 Å². The molecular weight excluding hydrogens is 404 g/mol. The lowest BCUT2D eigenvalue weighted by molar-refractivity contribution is 0.0694. The Morgan fingerprint density at radius 2 is 1.90 bits per heavy atom. The van der Waals surface area contributed by atoms with Gasteiger partial charge in [-0.2, -0.15) is 5.26 Å². The van der Waals surface area contributed by atoms with E-state index in [4.69, 9.17) is 0 Å². The van der Waals surface area contributed by atoms with Gasteiger partial charge in [0.25, 0.3) is 5.56 Å². The number of nitriles is 1. The van der Waals surface area contributed by atoms with Crippen molar-refractivity contribution in [2.45, 2.75) is 24.8 Å². The van der Waals surface area contributed by atoms with E-state index in [2.05, 4.69) is 6.07 Å². The summed E-state index contributed by atoms with van der Waals surface area (Å²) in [7, 11) is 0. The van der Waals surface area contributed by atoms with Crippen LogP contribution in [0.2, 0.25) is 0 Å². The molecule has 3 aromatic rings. The Hall–Kier alpha value is -3.57. The number of likely N-dealkylation sites (tertiary alicyclic amines) is 1. The average molecular weight is 423 g/mol. The van der Waals surface area contributed by atoms with Crippen LogP contribution < -0.4 is 5.56 Å². The average Bonchev–Trinajstić information content (AvgIpc) is 2.76. The number of rotatable bonds is 4. The summed E-state index contributed by atoms with van der Waals surface area (Å²) in [6.45, 7) is 1.30. The smallest absolute Gasteiger partial charge is 0.341 e. The van der Waals surface area contributed by atoms with E-state index in [1.165, 1.54) is 22.7 Å². The number of halogens is 2. The first kappa shape index (κ1) is 20.7. The van der Waals surface area contributed by atoms with E-state index in [-0.39, 0.29) is 11.1 Å². The quantitative estimate of drug-likeness (QED) is 0.696. The lowest BCUT2D eigenvalue weighted by Gasteiger charge is -2.37. The van der Waals surface area contributed by atoms with Gasteiger partial charge in [0.05, 0.1) is 17.0 Å². The maximum absolute atomic E-state index is 14.4. The predicted molar refractivity (Wildman–Crippen MR) is 109 cm³/mol. The Morgan fingerprint density at radius 3 is 2.55 bits per heavy atom. The Labute approximate surface area is 176 Å². The molecule has 0 unspecified atom stereocenters. The Balaban J connectivity index is 1.61. The van der Waals surface area contributed by atoms with Gasteiger partial charge in [0.2, 0.25) is 0 Å². The number of carboxylic acids is 1. The van der Waals surface area contributed by atoms with Crippen LogP contribution in [0.1, 0.15) is 34.3 Å². The molecule has 31 heavy (non-hydrogen) atoms. The molecule has 0 bridgehead atoms. The van der Waals surface area contributed by atoms with Gasteiger partial charge in [-0.25, -0.2) is 13.6 Å². The number of carboxylic acid groups (broad SMARTS) is 1. The van der Waals surface area contributed by atoms with E-state index in [1.807, 2.05) is 4.90 Å². The molecule has 0 saturated carbocycles. The Kier molecular flexibility index (Phi) is 5.29. The number of benzene rings is 1. The van der Waals surface area contributed by atoms with E-state index in [0.29, 0.717) is 43.6 Å². The first-order chi connectivity index (χ1) is 14.8. The molecule has 1 aliphatic rings. The Morgan fingerprint density at radius 1 is 1.16 bits per heavy atom. The fraction of sp³-hybridized carbons (Fsp3) is 0.261. The number of piperidine rings is 1. The molecule has 0 atom stereocenters. The van der Waals surface area contributed by atoms with Crippen molar-refractivity contribution in [1.29, 1.82) is 5.26 Å². The molecule has 1 N–H and O–H groups in total. The van der Waals surface area contributed by atoms with Crippen LogP contribution in [0.15, 0.2) is 53.5 Å². The minimum Gasteiger partial charge on any atom is -0.477 e. The standard InChI is InChI=1S/C23H19F2N3O3/c24-16-4-5-18(19(25)12-16)23(14-26)6-9-27(10-7-23)13-15-11-17(22(30)31)21(29)28-8-2-1-3-20(15)28/h1-5,8,11-12H,6-7,9-10,13H2,(H,30,31). The van der Waals surface area contributed by atoms with E-state index >= 15 is 0 Å². The minimum absolute atomic E-state index is 0.195. The molecule has 1 fully saturated rings. The van der Waals surface area contributed by atoms with Crippen LogP contribution in [0.5, 0.6) is 0 Å². The summed E-state index contributed by atoms with van der Waals surface area (Å²) in [5.41, 5.74) is -0.470. The van der Waals surface area contributed by atoms with Crippen LogP contribution >= 0.6 is 0 Å². The third kappa shape index (κ3) is 3.68. The van der Waals surface area contributed by atoms with Crippen molar-refractivity contribution in [2.24, 2.45) is 0 Å². The van der Waals surface area contributed by atoms with Crippen LogP contribution in [0, 0.1) is 23.0 Å². The lowest BCUT2D eigenvalue weighted by atomic mass is 9.73. The summed E-state index contributed by atoms with van der Waals surface area (Å²) >= 11 is 0. The number of aromatic carboxylic acids is 1. The van der Waals surface area contributed by atoms with E-state index in [0.717, 1.165) is 12.1 Å². The molecule has 1 saturated heterocycles. The highest BCUT2D eigenvalue weighted by Gasteiger charge is 2.38. The van der Waals surface area contributed by atoms with Crippen LogP contribution in [0.4, 0.5) is 8.78 Å². The first-order valence-corrected chi connectivity index (χ1v) is 9.80. The minimum atomic E-state index is -1.29. The monoisotopic (exact) mass is 423 g/mol. The molecule has 0 spiro atoms. The molecular formula is C23H19F2N3O3. The molecule has 2 aromatic heterocycles. The third-order valence-electron chi connectivity index (χ3n) is 5.95. The van der Waals surface area contributed by atoms with Gasteiger partial charge in [-0.05, 0) is 42.7 Å². The van der Waals surface area contributed by atoms with Crippen molar-refractivity contribution >= 4 is 11.5 Å². The van der Waals surface area contributed by atoms with Gasteiger partial charge in [0.1, 0.15) is 17.2 Å². The number of pyridine rings is 2. The highest BCUT2D eigenvalue weighted by Crippen LogP contribution is 2.37. The molecule has 158 valence electrons. The van der Waals surface area contributed by atoms with Crippen LogP contribution in [-0.2, 0) is 12.0 Å². The largest absolute Gasteiger partial charge is 0.477 e. The summed E-state index contributed by atoms with van der Waals surface area (Å²) in [6, 6.07) is 12.1. The second-order valence-corrected chi connectivity index (χ2v) is 7.74. The molecule has 6 nitrogen and oxygen atoms in total. The normalized spacial score (nSPS) is 16.2. The topological polar surface area (TPSA) is 85.8 Å². The van der Waals surface area contributed by atoms with Gasteiger partial charge in [-0.1, -0.05) is 12.1 Å². The zero-order chi connectivity index (χ0) is 22.2. The first-order valence-electron chi connectivity index (χ1n) is 9.80. The van der Waals surface area contributed by atoms with Gasteiger partial charge in [0.15, 0.2) is 0 Å². The van der Waals surface area contributed by atoms with Crippen molar-refractivity contribution in [1.82, 2.24) is 9.30 Å². The molecule has 1 aromatic carbocycles. The van der Waals surface area contributed by atoms with Crippen molar-refractivity contribution < 1.29 is 18.7 Å². The maximum Gasteiger partial charge on any atom is 0.341 e. The molecule has 3 heterocycles. The highest BCUT2D eigenvalue weighted by molar-refractivity contribution is 5.88. The summed E-state index contributed by atoms with van der Waals surface area (Å²) in [5.74, 6) is -2.71. The molecule has 0 aliphatic carbocycles. The van der Waals surface area contributed by atoms with Gasteiger partial charge >= 0.3 is 5.97 Å². The van der Waals surface area contributed by atoms with E-state index < -0.39 is 28.6 Å². The molecule has 8 heteroatoms. The van der Waals surface area contributed by atoms with Crippen molar-refractivity contribution in [2.75, 3.05) is 13.1 Å². The van der Waals surface area contributed by atoms with Crippen LogP contribution in [-0.4, -0.2) is 33.5 Å². The summed E-state index contributed by atoms with van der Waals surface area (Å²) < 4.78 is 29.0. The Bertz CT molecular complexity index is 1270. The van der Waals surface area contributed by atoms with Crippen LogP contribution in [0.3, 0.4) is 0 Å². The number of nitrogens with zero attached hydrogens (tertiary/aromatic N) is 3. The second kappa shape index (κ2) is 7.93. The highest BCUT2D eigenvalue weighted by atomic mass is 19.1. The fourth-order valence-electron chi connectivity index (χ4n) is 4.25. The third-order valence-corrected chi connectivity index (χ3v) is 5.95. The zero-order valence-corrected chi connectivity index (χ0v) is 16.5. The summed E-state index contributed by atoms with van der Waals surface area (Å²) in [4.78, 5) is 26.0. The summed E-state index contributed by atoms with van der Waals surface area (Å²) in [5, 5.41) is 19.2. The fourth-order valence-corrected chi connectivity index (χ4v) is 4.25. The van der Waals surface area contributed by atoms with Crippen LogP contribution in [0.25, 0.3) is 5.52 Å². The number of hydrogen-bond donors (Lipinski definition) is 1. The van der Waals surface area contributed by atoms with Crippen molar-refractivity contribution in [3.8, 4) is 6.07 Å². The molecule has 4 rings (SSSR count). The molecule has 0 radical (unpaired) electrons. The second-order valence-electron chi connectivity index (χ2n) is 7.74. The van der Waals surface area contributed by atoms with Crippen molar-refractivity contribution in [3.05, 3.63) is 87.3 Å². The van der Waals surface area contributed by atoms with Gasteiger partial charge in [0, 0.05) is 37.5 Å². The lowest BCUT2D eigenvalue weighted by Crippen LogP contribution is -2.42. The van der Waals surface area contributed by atoms with E-state index in [9.17, 15) is 28.7 Å². The number of fused-ring (bicyclic) bond motifs is 1. The molecule has 0 amide bonds. The summed E-state index contributed by atoms with van der Waals surface area (Å²) in [6.07, 6.45) is 2.23. The zero-order valence-electron chi connectivity index (χ0n) is 16.5. The van der Waals surface area contributed by atoms with E-state index in [1.54, 1.807) is 18.2 Å². The number of aromatic nitrogens is 1. The van der Waals surface area contributed by atoms with Gasteiger partial charge in [-0.15, -0.1) is 0 Å². The van der Waals surface area contributed by atoms with Gasteiger partial charge in [-0.3, -0.25) is 14.1 Å². The molecule has 1 aliphatic heterocycles. The van der Waals surface area contributed by atoms with Crippen molar-refractivity contribution in [3.63, 3.8) is 0 Å².